The highest BCUT2D eigenvalue weighted by molar-refractivity contribution is 6.46. The Kier molecular flexibility index (Phi) is 6.34. The molecule has 1 atom stereocenters. The smallest absolute Gasteiger partial charge is 0.295 e. The van der Waals surface area contributed by atoms with Crippen molar-refractivity contribution in [3.8, 4) is 5.75 Å². The van der Waals surface area contributed by atoms with Crippen molar-refractivity contribution in [3.63, 3.8) is 0 Å². The summed E-state index contributed by atoms with van der Waals surface area (Å²) in [5.41, 5.74) is 1.37. The monoisotopic (exact) mass is 422 g/mol. The van der Waals surface area contributed by atoms with Gasteiger partial charge in [-0.2, -0.15) is 0 Å². The standard InChI is InChI=1S/C24H26N2O5/c1-30-19-9-7-18(8-10-19)22(27)20-21(17-5-3-2-4-6-17)26(24(29)23(20)28)12-11-25-13-15-31-16-14-25/h2-10,21,27H,11-16H2,1H3/t21-/m0/s1. The molecule has 0 aromatic heterocycles. The van der Waals surface area contributed by atoms with Gasteiger partial charge < -0.3 is 19.5 Å². The molecule has 2 aliphatic rings. The average Bonchev–Trinajstić information content (AvgIpc) is 3.08. The number of nitrogens with zero attached hydrogens (tertiary/aromatic N) is 2. The third kappa shape index (κ3) is 4.33. The van der Waals surface area contributed by atoms with Gasteiger partial charge in [-0.25, -0.2) is 0 Å². The van der Waals surface area contributed by atoms with E-state index in [1.54, 1.807) is 36.3 Å². The number of hydrogen-bond donors (Lipinski definition) is 1. The van der Waals surface area contributed by atoms with Gasteiger partial charge in [0.1, 0.15) is 11.5 Å². The molecule has 2 aromatic carbocycles. The fourth-order valence-electron chi connectivity index (χ4n) is 4.07. The number of benzene rings is 2. The predicted molar refractivity (Wildman–Crippen MR) is 116 cm³/mol. The molecule has 0 saturated carbocycles. The van der Waals surface area contributed by atoms with Gasteiger partial charge in [-0.1, -0.05) is 30.3 Å². The minimum absolute atomic E-state index is 0.114. The third-order valence-corrected chi connectivity index (χ3v) is 5.78. The number of ether oxygens (including phenoxy) is 2. The summed E-state index contributed by atoms with van der Waals surface area (Å²) >= 11 is 0. The van der Waals surface area contributed by atoms with E-state index in [-0.39, 0.29) is 11.3 Å². The van der Waals surface area contributed by atoms with Gasteiger partial charge in [0.2, 0.25) is 0 Å². The molecule has 2 fully saturated rings. The van der Waals surface area contributed by atoms with Crippen LogP contribution in [-0.4, -0.2) is 73.1 Å². The van der Waals surface area contributed by atoms with Crippen molar-refractivity contribution >= 4 is 17.4 Å². The number of ketones is 1. The van der Waals surface area contributed by atoms with Gasteiger partial charge in [-0.05, 0) is 29.8 Å². The fourth-order valence-corrected chi connectivity index (χ4v) is 4.07. The van der Waals surface area contributed by atoms with Crippen LogP contribution in [0.25, 0.3) is 5.76 Å². The molecular weight excluding hydrogens is 396 g/mol. The third-order valence-electron chi connectivity index (χ3n) is 5.78. The van der Waals surface area contributed by atoms with E-state index in [0.29, 0.717) is 37.6 Å². The molecule has 2 aromatic rings. The van der Waals surface area contributed by atoms with Crippen LogP contribution in [0.4, 0.5) is 0 Å². The summed E-state index contributed by atoms with van der Waals surface area (Å²) in [7, 11) is 1.56. The number of hydrogen-bond acceptors (Lipinski definition) is 6. The van der Waals surface area contributed by atoms with Crippen molar-refractivity contribution in [1.29, 1.82) is 0 Å². The number of carbonyl (C=O) groups excluding carboxylic acids is 2. The van der Waals surface area contributed by atoms with Crippen LogP contribution < -0.4 is 4.74 Å². The first kappa shape index (κ1) is 21.1. The van der Waals surface area contributed by atoms with Crippen molar-refractivity contribution in [1.82, 2.24) is 9.80 Å². The van der Waals surface area contributed by atoms with Crippen molar-refractivity contribution < 1.29 is 24.2 Å². The normalized spacial score (nSPS) is 21.5. The number of aliphatic hydroxyl groups is 1. The van der Waals surface area contributed by atoms with Crippen LogP contribution in [0.5, 0.6) is 5.75 Å². The minimum atomic E-state index is -0.663. The molecular formula is C24H26N2O5. The maximum Gasteiger partial charge on any atom is 0.295 e. The van der Waals surface area contributed by atoms with Crippen LogP contribution in [-0.2, 0) is 14.3 Å². The minimum Gasteiger partial charge on any atom is -0.507 e. The molecule has 0 radical (unpaired) electrons. The Balaban J connectivity index is 1.70. The molecule has 2 saturated heterocycles. The SMILES string of the molecule is COc1ccc(C(O)=C2C(=O)C(=O)N(CCN3CCOCC3)[C@H]2c2ccccc2)cc1. The molecule has 0 unspecified atom stereocenters. The summed E-state index contributed by atoms with van der Waals surface area (Å²) in [6, 6.07) is 15.5. The molecule has 7 heteroatoms. The summed E-state index contributed by atoms with van der Waals surface area (Å²) in [4.78, 5) is 29.8. The molecule has 162 valence electrons. The lowest BCUT2D eigenvalue weighted by atomic mass is 9.95. The summed E-state index contributed by atoms with van der Waals surface area (Å²) < 4.78 is 10.6. The first-order valence-electron chi connectivity index (χ1n) is 10.4. The molecule has 1 N–H and O–H groups in total. The van der Waals surface area contributed by atoms with Gasteiger partial charge in [0.25, 0.3) is 11.7 Å². The second-order valence-corrected chi connectivity index (χ2v) is 7.59. The number of morpholine rings is 1. The van der Waals surface area contributed by atoms with E-state index in [4.69, 9.17) is 9.47 Å². The summed E-state index contributed by atoms with van der Waals surface area (Å²) in [6.07, 6.45) is 0. The van der Waals surface area contributed by atoms with Crippen molar-refractivity contribution in [2.45, 2.75) is 6.04 Å². The van der Waals surface area contributed by atoms with Crippen molar-refractivity contribution in [2.75, 3.05) is 46.5 Å². The Morgan fingerprint density at radius 2 is 1.71 bits per heavy atom. The topological polar surface area (TPSA) is 79.3 Å². The predicted octanol–water partition coefficient (Wildman–Crippen LogP) is 2.45. The van der Waals surface area contributed by atoms with Gasteiger partial charge in [0.05, 0.1) is 31.9 Å². The number of likely N-dealkylation sites (tertiary alicyclic amines) is 1. The molecule has 0 spiro atoms. The largest absolute Gasteiger partial charge is 0.507 e. The summed E-state index contributed by atoms with van der Waals surface area (Å²) in [5.74, 6) is -0.785. The van der Waals surface area contributed by atoms with E-state index in [2.05, 4.69) is 4.90 Å². The lowest BCUT2D eigenvalue weighted by Crippen LogP contribution is -2.42. The Hall–Kier alpha value is -3.16. The maximum absolute atomic E-state index is 13.0. The van der Waals surface area contributed by atoms with Crippen LogP contribution in [0.2, 0.25) is 0 Å². The number of methoxy groups -OCH3 is 1. The first-order chi connectivity index (χ1) is 15.1. The van der Waals surface area contributed by atoms with E-state index >= 15 is 0 Å². The Morgan fingerprint density at radius 1 is 1.03 bits per heavy atom. The summed E-state index contributed by atoms with van der Waals surface area (Å²) in [6.45, 7) is 3.96. The number of carbonyl (C=O) groups is 2. The van der Waals surface area contributed by atoms with Crippen molar-refractivity contribution in [3.05, 3.63) is 71.3 Å². The number of Topliss-reactive ketones (excluding diaryl/α,β-unsaturated/α-hetero) is 1. The average molecular weight is 422 g/mol. The van der Waals surface area contributed by atoms with Gasteiger partial charge in [0.15, 0.2) is 0 Å². The highest BCUT2D eigenvalue weighted by atomic mass is 16.5. The highest BCUT2D eigenvalue weighted by Crippen LogP contribution is 2.39. The van der Waals surface area contributed by atoms with Crippen LogP contribution in [0.3, 0.4) is 0 Å². The maximum atomic E-state index is 13.0. The molecule has 2 aliphatic heterocycles. The highest BCUT2D eigenvalue weighted by Gasteiger charge is 2.45. The van der Waals surface area contributed by atoms with E-state index in [1.807, 2.05) is 30.3 Å². The first-order valence-corrected chi connectivity index (χ1v) is 10.4. The van der Waals surface area contributed by atoms with E-state index in [1.165, 1.54) is 0 Å². The zero-order valence-electron chi connectivity index (χ0n) is 17.5. The van der Waals surface area contributed by atoms with Crippen LogP contribution in [0.1, 0.15) is 17.2 Å². The second kappa shape index (κ2) is 9.32. The summed E-state index contributed by atoms with van der Waals surface area (Å²) in [5, 5.41) is 11.1. The van der Waals surface area contributed by atoms with Gasteiger partial charge in [-0.3, -0.25) is 14.5 Å². The van der Waals surface area contributed by atoms with Gasteiger partial charge >= 0.3 is 0 Å². The molecule has 0 aliphatic carbocycles. The van der Waals surface area contributed by atoms with Crippen LogP contribution >= 0.6 is 0 Å². The molecule has 7 nitrogen and oxygen atoms in total. The zero-order valence-corrected chi connectivity index (χ0v) is 17.5. The van der Waals surface area contributed by atoms with Crippen LogP contribution in [0, 0.1) is 0 Å². The molecule has 31 heavy (non-hydrogen) atoms. The number of amides is 1. The fraction of sp³-hybridized carbons (Fsp3) is 0.333. The Bertz CT molecular complexity index is 965. The van der Waals surface area contributed by atoms with E-state index < -0.39 is 17.7 Å². The zero-order chi connectivity index (χ0) is 21.8. The van der Waals surface area contributed by atoms with E-state index in [9.17, 15) is 14.7 Å². The van der Waals surface area contributed by atoms with E-state index in [0.717, 1.165) is 18.7 Å². The Morgan fingerprint density at radius 3 is 2.35 bits per heavy atom. The molecule has 1 amide bonds. The van der Waals surface area contributed by atoms with Crippen molar-refractivity contribution in [2.24, 2.45) is 0 Å². The molecule has 4 rings (SSSR count). The number of aliphatic hydroxyl groups excluding tert-OH is 1. The lowest BCUT2D eigenvalue weighted by Gasteiger charge is -2.31. The van der Waals surface area contributed by atoms with Crippen LogP contribution in [0.15, 0.2) is 60.2 Å². The second-order valence-electron chi connectivity index (χ2n) is 7.59. The quantitative estimate of drug-likeness (QED) is 0.438. The van der Waals surface area contributed by atoms with Gasteiger partial charge in [-0.15, -0.1) is 0 Å². The molecule has 2 heterocycles. The van der Waals surface area contributed by atoms with Gasteiger partial charge in [0, 0.05) is 31.7 Å². The lowest BCUT2D eigenvalue weighted by molar-refractivity contribution is -0.140. The number of rotatable bonds is 6. The molecule has 0 bridgehead atoms. The Labute approximate surface area is 181 Å².